The van der Waals surface area contributed by atoms with Crippen molar-refractivity contribution in [2.75, 3.05) is 47.1 Å². The van der Waals surface area contributed by atoms with Gasteiger partial charge in [-0.2, -0.15) is 0 Å². The molecule has 1 amide bonds. The maximum atomic E-state index is 12.9. The molecule has 0 saturated carbocycles. The zero-order valence-corrected chi connectivity index (χ0v) is 17.6. The number of nitrogens with one attached hydrogen (secondary N) is 1. The van der Waals surface area contributed by atoms with Crippen molar-refractivity contribution in [2.45, 2.75) is 19.4 Å². The third-order valence-electron chi connectivity index (χ3n) is 4.85. The Balaban J connectivity index is 1.76. The average molecular weight is 418 g/mol. The second-order valence-electron chi connectivity index (χ2n) is 6.95. The largest absolute Gasteiger partial charge is 0.378 e. The van der Waals surface area contributed by atoms with Gasteiger partial charge in [-0.3, -0.25) is 9.10 Å². The van der Waals surface area contributed by atoms with Gasteiger partial charge in [-0.1, -0.05) is 25.1 Å². The Labute approximate surface area is 172 Å². The van der Waals surface area contributed by atoms with Crippen LogP contribution < -0.4 is 14.5 Å². The Hall–Kier alpha value is -2.58. The first kappa shape index (κ1) is 21.1. The molecule has 1 saturated heterocycles. The lowest BCUT2D eigenvalue weighted by Gasteiger charge is -2.30. The van der Waals surface area contributed by atoms with Gasteiger partial charge in [-0.15, -0.1) is 0 Å². The normalized spacial score (nSPS) is 15.6. The van der Waals surface area contributed by atoms with Crippen molar-refractivity contribution in [1.82, 2.24) is 0 Å². The van der Waals surface area contributed by atoms with Crippen LogP contribution >= 0.6 is 0 Å². The number of carbonyl (C=O) groups excluding carboxylic acids is 1. The van der Waals surface area contributed by atoms with Crippen molar-refractivity contribution < 1.29 is 17.9 Å². The van der Waals surface area contributed by atoms with Crippen molar-refractivity contribution in [2.24, 2.45) is 0 Å². The van der Waals surface area contributed by atoms with Crippen molar-refractivity contribution in [3.8, 4) is 0 Å². The van der Waals surface area contributed by atoms with E-state index in [-0.39, 0.29) is 5.91 Å². The van der Waals surface area contributed by atoms with Gasteiger partial charge in [0.25, 0.3) is 0 Å². The number of amides is 1. The van der Waals surface area contributed by atoms with Crippen LogP contribution in [0.5, 0.6) is 0 Å². The predicted molar refractivity (Wildman–Crippen MR) is 116 cm³/mol. The third-order valence-corrected chi connectivity index (χ3v) is 6.03. The van der Waals surface area contributed by atoms with E-state index >= 15 is 0 Å². The zero-order valence-electron chi connectivity index (χ0n) is 16.7. The smallest absolute Gasteiger partial charge is 0.248 e. The first-order valence-corrected chi connectivity index (χ1v) is 11.5. The van der Waals surface area contributed by atoms with E-state index in [4.69, 9.17) is 4.74 Å². The monoisotopic (exact) mass is 417 g/mol. The first-order valence-electron chi connectivity index (χ1n) is 9.68. The number of para-hydroxylation sites is 1. The topological polar surface area (TPSA) is 79.0 Å². The van der Waals surface area contributed by atoms with Crippen LogP contribution in [-0.2, 0) is 19.6 Å². The lowest BCUT2D eigenvalue weighted by molar-refractivity contribution is -0.117. The second-order valence-corrected chi connectivity index (χ2v) is 8.81. The van der Waals surface area contributed by atoms with Crippen LogP contribution in [0.4, 0.5) is 17.1 Å². The van der Waals surface area contributed by atoms with Crippen LogP contribution in [0.2, 0.25) is 0 Å². The highest BCUT2D eigenvalue weighted by Crippen LogP contribution is 2.24. The molecule has 3 rings (SSSR count). The third kappa shape index (κ3) is 5.27. The number of hydrogen-bond donors (Lipinski definition) is 1. The molecule has 0 aliphatic carbocycles. The molecule has 1 atom stereocenters. The van der Waals surface area contributed by atoms with E-state index in [9.17, 15) is 13.2 Å². The van der Waals surface area contributed by atoms with Crippen LogP contribution in [0.3, 0.4) is 0 Å². The van der Waals surface area contributed by atoms with Crippen LogP contribution in [0, 0.1) is 0 Å². The molecular weight excluding hydrogens is 390 g/mol. The minimum Gasteiger partial charge on any atom is -0.378 e. The minimum absolute atomic E-state index is 0.347. The Morgan fingerprint density at radius 3 is 2.28 bits per heavy atom. The van der Waals surface area contributed by atoms with Crippen molar-refractivity contribution in [3.63, 3.8) is 0 Å². The molecule has 1 N–H and O–H groups in total. The van der Waals surface area contributed by atoms with Crippen molar-refractivity contribution in [3.05, 3.63) is 54.6 Å². The van der Waals surface area contributed by atoms with Crippen molar-refractivity contribution in [1.29, 1.82) is 0 Å². The Kier molecular flexibility index (Phi) is 6.76. The summed E-state index contributed by atoms with van der Waals surface area (Å²) in [7, 11) is -3.63. The molecule has 0 aromatic heterocycles. The zero-order chi connectivity index (χ0) is 20.9. The van der Waals surface area contributed by atoms with Gasteiger partial charge in [-0.25, -0.2) is 8.42 Å². The molecule has 0 bridgehead atoms. The van der Waals surface area contributed by atoms with Gasteiger partial charge < -0.3 is 15.0 Å². The van der Waals surface area contributed by atoms with Gasteiger partial charge in [0.15, 0.2) is 0 Å². The molecular formula is C21H27N3O4S. The summed E-state index contributed by atoms with van der Waals surface area (Å²) in [5.41, 5.74) is 2.17. The SMILES string of the molecule is CC[C@H](C(=O)Nc1ccc(N2CCOCC2)cc1)N(c1ccccc1)S(C)(=O)=O. The number of ether oxygens (including phenoxy) is 1. The van der Waals surface area contributed by atoms with Crippen LogP contribution in [0.25, 0.3) is 0 Å². The lowest BCUT2D eigenvalue weighted by atomic mass is 10.1. The molecule has 0 unspecified atom stereocenters. The summed E-state index contributed by atoms with van der Waals surface area (Å²) >= 11 is 0. The summed E-state index contributed by atoms with van der Waals surface area (Å²) in [4.78, 5) is 15.2. The highest BCUT2D eigenvalue weighted by atomic mass is 32.2. The van der Waals surface area contributed by atoms with Crippen LogP contribution in [0.15, 0.2) is 54.6 Å². The Morgan fingerprint density at radius 2 is 1.72 bits per heavy atom. The van der Waals surface area contributed by atoms with Gasteiger partial charge in [0, 0.05) is 24.5 Å². The fraction of sp³-hybridized carbons (Fsp3) is 0.381. The quantitative estimate of drug-likeness (QED) is 0.749. The number of hydrogen-bond acceptors (Lipinski definition) is 5. The predicted octanol–water partition coefficient (Wildman–Crippen LogP) is 2.71. The van der Waals surface area contributed by atoms with E-state index in [0.717, 1.165) is 25.0 Å². The summed E-state index contributed by atoms with van der Waals surface area (Å²) in [6.45, 7) is 4.88. The van der Waals surface area contributed by atoms with Gasteiger partial charge >= 0.3 is 0 Å². The molecule has 1 heterocycles. The lowest BCUT2D eigenvalue weighted by Crippen LogP contribution is -2.46. The van der Waals surface area contributed by atoms with E-state index in [1.807, 2.05) is 24.3 Å². The van der Waals surface area contributed by atoms with E-state index in [2.05, 4.69) is 10.2 Å². The molecule has 7 nitrogen and oxygen atoms in total. The first-order chi connectivity index (χ1) is 13.9. The minimum atomic E-state index is -3.63. The highest BCUT2D eigenvalue weighted by molar-refractivity contribution is 7.92. The highest BCUT2D eigenvalue weighted by Gasteiger charge is 2.31. The fourth-order valence-electron chi connectivity index (χ4n) is 3.44. The van der Waals surface area contributed by atoms with Crippen LogP contribution in [-0.4, -0.2) is 52.9 Å². The summed E-state index contributed by atoms with van der Waals surface area (Å²) < 4.78 is 31.4. The molecule has 2 aromatic carbocycles. The number of rotatable bonds is 7. The molecule has 1 fully saturated rings. The molecule has 1 aliphatic heterocycles. The number of sulfonamides is 1. The van der Waals surface area contributed by atoms with E-state index < -0.39 is 16.1 Å². The molecule has 0 radical (unpaired) electrons. The van der Waals surface area contributed by atoms with Gasteiger partial charge in [-0.05, 0) is 42.8 Å². The molecule has 2 aromatic rings. The van der Waals surface area contributed by atoms with Gasteiger partial charge in [0.1, 0.15) is 6.04 Å². The average Bonchev–Trinajstić information content (AvgIpc) is 2.72. The van der Waals surface area contributed by atoms with Gasteiger partial charge in [0.2, 0.25) is 15.9 Å². The van der Waals surface area contributed by atoms with E-state index in [0.29, 0.717) is 31.0 Å². The Morgan fingerprint density at radius 1 is 1.10 bits per heavy atom. The molecule has 156 valence electrons. The molecule has 8 heteroatoms. The maximum Gasteiger partial charge on any atom is 0.248 e. The summed E-state index contributed by atoms with van der Waals surface area (Å²) in [5.74, 6) is -0.360. The van der Waals surface area contributed by atoms with Gasteiger partial charge in [0.05, 0.1) is 25.2 Å². The fourth-order valence-corrected chi connectivity index (χ4v) is 4.65. The number of nitrogens with zero attached hydrogens (tertiary/aromatic N) is 2. The standard InChI is InChI=1S/C21H27N3O4S/c1-3-20(24(29(2,26)27)19-7-5-4-6-8-19)21(25)22-17-9-11-18(12-10-17)23-13-15-28-16-14-23/h4-12,20H,3,13-16H2,1-2H3,(H,22,25)/t20-/m1/s1. The van der Waals surface area contributed by atoms with E-state index in [1.165, 1.54) is 4.31 Å². The summed E-state index contributed by atoms with van der Waals surface area (Å²) in [6, 6.07) is 15.4. The number of benzene rings is 2. The number of morpholine rings is 1. The molecule has 0 spiro atoms. The Bertz CT molecular complexity index is 911. The maximum absolute atomic E-state index is 12.9. The second kappa shape index (κ2) is 9.28. The molecule has 29 heavy (non-hydrogen) atoms. The molecule has 1 aliphatic rings. The number of anilines is 3. The van der Waals surface area contributed by atoms with E-state index in [1.54, 1.807) is 37.3 Å². The van der Waals surface area contributed by atoms with Crippen LogP contribution in [0.1, 0.15) is 13.3 Å². The van der Waals surface area contributed by atoms with Crippen molar-refractivity contribution >= 4 is 33.0 Å². The number of carbonyl (C=O) groups is 1. The summed E-state index contributed by atoms with van der Waals surface area (Å²) in [5, 5.41) is 2.86. The summed E-state index contributed by atoms with van der Waals surface area (Å²) in [6.07, 6.45) is 1.47.